The first kappa shape index (κ1) is 15.0. The van der Waals surface area contributed by atoms with Gasteiger partial charge in [0.15, 0.2) is 0 Å². The van der Waals surface area contributed by atoms with Crippen LogP contribution in [-0.4, -0.2) is 6.54 Å². The molecule has 3 heteroatoms. The summed E-state index contributed by atoms with van der Waals surface area (Å²) in [6.45, 7) is 4.94. The highest BCUT2D eigenvalue weighted by atomic mass is 35.5. The highest BCUT2D eigenvalue weighted by Crippen LogP contribution is 2.29. The highest BCUT2D eigenvalue weighted by Gasteiger charge is 2.18. The van der Waals surface area contributed by atoms with Gasteiger partial charge < -0.3 is 5.32 Å². The molecule has 1 atom stereocenters. The Kier molecular flexibility index (Phi) is 5.16. The number of nitrogens with one attached hydrogen (secondary N) is 1. The summed E-state index contributed by atoms with van der Waals surface area (Å²) in [6, 6.07) is 12.5. The maximum absolute atomic E-state index is 14.1. The summed E-state index contributed by atoms with van der Waals surface area (Å²) in [5.41, 5.74) is 2.79. The second kappa shape index (κ2) is 6.87. The molecule has 0 aliphatic rings. The summed E-state index contributed by atoms with van der Waals surface area (Å²) >= 11 is 6.10. The molecule has 0 bridgehead atoms. The van der Waals surface area contributed by atoms with Gasteiger partial charge in [0.25, 0.3) is 0 Å². The lowest BCUT2D eigenvalue weighted by atomic mass is 9.94. The van der Waals surface area contributed by atoms with Crippen LogP contribution in [-0.2, 0) is 0 Å². The first-order chi connectivity index (χ1) is 9.63. The lowest BCUT2D eigenvalue weighted by Gasteiger charge is -2.22. The van der Waals surface area contributed by atoms with Crippen molar-refractivity contribution in [2.24, 2.45) is 0 Å². The van der Waals surface area contributed by atoms with Crippen LogP contribution in [0.15, 0.2) is 42.5 Å². The van der Waals surface area contributed by atoms with Gasteiger partial charge in [-0.3, -0.25) is 0 Å². The van der Waals surface area contributed by atoms with Gasteiger partial charge in [-0.15, -0.1) is 0 Å². The van der Waals surface area contributed by atoms with E-state index in [4.69, 9.17) is 11.6 Å². The third kappa shape index (κ3) is 3.38. The maximum atomic E-state index is 14.1. The van der Waals surface area contributed by atoms with Gasteiger partial charge in [0, 0.05) is 10.6 Å². The first-order valence-electron chi connectivity index (χ1n) is 6.87. The molecule has 0 radical (unpaired) electrons. The molecule has 1 unspecified atom stereocenters. The van der Waals surface area contributed by atoms with E-state index in [1.165, 1.54) is 6.07 Å². The second-order valence-electron chi connectivity index (χ2n) is 4.91. The van der Waals surface area contributed by atoms with Crippen molar-refractivity contribution in [3.8, 4) is 0 Å². The van der Waals surface area contributed by atoms with E-state index in [1.807, 2.05) is 37.3 Å². The Labute approximate surface area is 124 Å². The van der Waals surface area contributed by atoms with Crippen molar-refractivity contribution in [3.63, 3.8) is 0 Å². The minimum absolute atomic E-state index is 0.171. The molecule has 0 saturated heterocycles. The van der Waals surface area contributed by atoms with Crippen LogP contribution in [0, 0.1) is 12.7 Å². The largest absolute Gasteiger partial charge is 0.306 e. The zero-order valence-electron chi connectivity index (χ0n) is 11.8. The van der Waals surface area contributed by atoms with Crippen molar-refractivity contribution in [1.82, 2.24) is 5.32 Å². The summed E-state index contributed by atoms with van der Waals surface area (Å²) in [5.74, 6) is -0.194. The molecule has 0 fully saturated rings. The van der Waals surface area contributed by atoms with Gasteiger partial charge >= 0.3 is 0 Å². The van der Waals surface area contributed by atoms with Crippen molar-refractivity contribution in [3.05, 3.63) is 70.0 Å². The van der Waals surface area contributed by atoms with Crippen molar-refractivity contribution in [2.45, 2.75) is 26.3 Å². The summed E-state index contributed by atoms with van der Waals surface area (Å²) < 4.78 is 14.1. The lowest BCUT2D eigenvalue weighted by molar-refractivity contribution is 0.545. The molecule has 0 aliphatic heterocycles. The number of aryl methyl sites for hydroxylation is 1. The number of hydrogen-bond donors (Lipinski definition) is 1. The highest BCUT2D eigenvalue weighted by molar-refractivity contribution is 6.30. The summed E-state index contributed by atoms with van der Waals surface area (Å²) in [7, 11) is 0. The molecule has 0 heterocycles. The number of halogens is 2. The zero-order chi connectivity index (χ0) is 14.5. The van der Waals surface area contributed by atoms with E-state index in [0.29, 0.717) is 10.6 Å². The molecule has 2 aromatic rings. The van der Waals surface area contributed by atoms with E-state index in [-0.39, 0.29) is 11.9 Å². The molecule has 20 heavy (non-hydrogen) atoms. The molecule has 0 aliphatic carbocycles. The molecule has 0 aromatic heterocycles. The van der Waals surface area contributed by atoms with Gasteiger partial charge in [-0.05, 0) is 49.2 Å². The van der Waals surface area contributed by atoms with Crippen LogP contribution in [0.25, 0.3) is 0 Å². The van der Waals surface area contributed by atoms with Gasteiger partial charge in [-0.2, -0.15) is 0 Å². The third-order valence-electron chi connectivity index (χ3n) is 3.37. The Balaban J connectivity index is 2.47. The number of rotatable bonds is 5. The average molecular weight is 292 g/mol. The molecule has 106 valence electrons. The first-order valence-corrected chi connectivity index (χ1v) is 7.25. The molecule has 0 saturated carbocycles. The quantitative estimate of drug-likeness (QED) is 0.828. The van der Waals surface area contributed by atoms with E-state index in [1.54, 1.807) is 6.07 Å². The molecule has 1 N–H and O–H groups in total. The molecular weight excluding hydrogens is 273 g/mol. The van der Waals surface area contributed by atoms with Crippen molar-refractivity contribution >= 4 is 11.6 Å². The predicted octanol–water partition coefficient (Wildman–Crippen LogP) is 4.88. The topological polar surface area (TPSA) is 12.0 Å². The van der Waals surface area contributed by atoms with Crippen LogP contribution < -0.4 is 5.32 Å². The molecule has 0 spiro atoms. The van der Waals surface area contributed by atoms with Crippen LogP contribution >= 0.6 is 11.6 Å². The van der Waals surface area contributed by atoms with Crippen molar-refractivity contribution in [2.75, 3.05) is 6.54 Å². The Morgan fingerprint density at radius 2 is 1.90 bits per heavy atom. The Bertz CT molecular complexity index is 583. The van der Waals surface area contributed by atoms with E-state index in [0.717, 1.165) is 24.1 Å². The smallest absolute Gasteiger partial charge is 0.128 e. The lowest BCUT2D eigenvalue weighted by Crippen LogP contribution is -2.24. The fraction of sp³-hybridized carbons (Fsp3) is 0.294. The van der Waals surface area contributed by atoms with Crippen LogP contribution in [0.3, 0.4) is 0 Å². The van der Waals surface area contributed by atoms with E-state index in [2.05, 4.69) is 12.2 Å². The van der Waals surface area contributed by atoms with Crippen LogP contribution in [0.1, 0.15) is 36.1 Å². The predicted molar refractivity (Wildman–Crippen MR) is 82.7 cm³/mol. The van der Waals surface area contributed by atoms with Crippen LogP contribution in [0.4, 0.5) is 4.39 Å². The maximum Gasteiger partial charge on any atom is 0.128 e. The number of benzene rings is 2. The standard InChI is InChI=1S/C17H19ClFN/c1-3-10-20-17(14-6-4-5-7-16(14)19)15-11-13(18)9-8-12(15)2/h4-9,11,17,20H,3,10H2,1-2H3. The van der Waals surface area contributed by atoms with Gasteiger partial charge in [0.1, 0.15) is 5.82 Å². The van der Waals surface area contributed by atoms with Crippen molar-refractivity contribution in [1.29, 1.82) is 0 Å². The summed E-state index contributed by atoms with van der Waals surface area (Å²) in [6.07, 6.45) is 0.991. The van der Waals surface area contributed by atoms with E-state index in [9.17, 15) is 4.39 Å². The van der Waals surface area contributed by atoms with E-state index < -0.39 is 0 Å². The van der Waals surface area contributed by atoms with E-state index >= 15 is 0 Å². The van der Waals surface area contributed by atoms with Gasteiger partial charge in [0.2, 0.25) is 0 Å². The fourth-order valence-corrected chi connectivity index (χ4v) is 2.49. The Hall–Kier alpha value is -1.38. The second-order valence-corrected chi connectivity index (χ2v) is 5.35. The minimum atomic E-state index is -0.194. The van der Waals surface area contributed by atoms with Gasteiger partial charge in [0.05, 0.1) is 6.04 Å². The SMILES string of the molecule is CCCNC(c1cc(Cl)ccc1C)c1ccccc1F. The summed E-state index contributed by atoms with van der Waals surface area (Å²) in [5, 5.41) is 4.08. The molecule has 1 nitrogen and oxygen atoms in total. The van der Waals surface area contributed by atoms with Gasteiger partial charge in [-0.25, -0.2) is 4.39 Å². The minimum Gasteiger partial charge on any atom is -0.306 e. The average Bonchev–Trinajstić information content (AvgIpc) is 2.44. The van der Waals surface area contributed by atoms with Crippen LogP contribution in [0.5, 0.6) is 0 Å². The Morgan fingerprint density at radius 1 is 1.15 bits per heavy atom. The molecule has 2 rings (SSSR count). The van der Waals surface area contributed by atoms with Gasteiger partial charge in [-0.1, -0.05) is 42.8 Å². The monoisotopic (exact) mass is 291 g/mol. The van der Waals surface area contributed by atoms with Crippen molar-refractivity contribution < 1.29 is 4.39 Å². The third-order valence-corrected chi connectivity index (χ3v) is 3.60. The normalized spacial score (nSPS) is 12.4. The molecule has 0 amide bonds. The molecule has 2 aromatic carbocycles. The number of hydrogen-bond acceptors (Lipinski definition) is 1. The Morgan fingerprint density at radius 3 is 2.60 bits per heavy atom. The molecular formula is C17H19ClFN. The zero-order valence-corrected chi connectivity index (χ0v) is 12.5. The fourth-order valence-electron chi connectivity index (χ4n) is 2.31. The summed E-state index contributed by atoms with van der Waals surface area (Å²) in [4.78, 5) is 0. The van der Waals surface area contributed by atoms with Crippen LogP contribution in [0.2, 0.25) is 5.02 Å².